The maximum atomic E-state index is 13.9. The van der Waals surface area contributed by atoms with Gasteiger partial charge in [0.2, 0.25) is 5.91 Å². The predicted octanol–water partition coefficient (Wildman–Crippen LogP) is 4.75. The number of rotatable bonds is 4. The van der Waals surface area contributed by atoms with Gasteiger partial charge in [-0.1, -0.05) is 57.4 Å². The third-order valence-corrected chi connectivity index (χ3v) is 9.12. The van der Waals surface area contributed by atoms with Crippen molar-refractivity contribution < 1.29 is 19.2 Å². The van der Waals surface area contributed by atoms with E-state index in [0.717, 1.165) is 73.3 Å². The fourth-order valence-electron chi connectivity index (χ4n) is 6.96. The number of nitrogens with one attached hydrogen (secondary N) is 1. The van der Waals surface area contributed by atoms with E-state index in [0.29, 0.717) is 6.42 Å². The number of carbonyl (C=O) groups is 4. The van der Waals surface area contributed by atoms with Gasteiger partial charge in [-0.05, 0) is 64.0 Å². The van der Waals surface area contributed by atoms with Crippen LogP contribution in [0.2, 0.25) is 0 Å². The Balaban J connectivity index is 1.56. The Morgan fingerprint density at radius 3 is 2.17 bits per heavy atom. The molecule has 7 nitrogen and oxygen atoms in total. The van der Waals surface area contributed by atoms with Crippen LogP contribution in [-0.4, -0.2) is 59.1 Å². The first-order valence-electron chi connectivity index (χ1n) is 13.9. The lowest BCUT2D eigenvalue weighted by atomic mass is 9.69. The Kier molecular flexibility index (Phi) is 8.14. The molecule has 0 aromatic heterocycles. The van der Waals surface area contributed by atoms with Gasteiger partial charge in [-0.25, -0.2) is 4.79 Å². The third kappa shape index (κ3) is 4.98. The lowest BCUT2D eigenvalue weighted by molar-refractivity contribution is -0.155. The summed E-state index contributed by atoms with van der Waals surface area (Å²) in [4.78, 5) is 55.8. The second-order valence-electron chi connectivity index (χ2n) is 11.4. The zero-order chi connectivity index (χ0) is 25.1. The molecule has 4 rings (SSSR count). The van der Waals surface area contributed by atoms with Crippen molar-refractivity contribution in [3.05, 3.63) is 11.6 Å². The van der Waals surface area contributed by atoms with Crippen molar-refractivity contribution in [2.45, 2.75) is 109 Å². The number of Topliss-reactive ketones (excluding diaryl/α,β-unsaturated/α-hetero) is 1. The van der Waals surface area contributed by atoms with Gasteiger partial charge >= 0.3 is 6.03 Å². The molecule has 4 aliphatic rings. The Labute approximate surface area is 210 Å². The highest BCUT2D eigenvalue weighted by atomic mass is 16.2. The molecule has 4 amide bonds. The first-order chi connectivity index (χ1) is 16.8. The van der Waals surface area contributed by atoms with Crippen LogP contribution in [0.15, 0.2) is 11.6 Å². The minimum absolute atomic E-state index is 0.0423. The van der Waals surface area contributed by atoms with Gasteiger partial charge in [0.25, 0.3) is 5.91 Å². The van der Waals surface area contributed by atoms with Crippen LogP contribution in [0.25, 0.3) is 0 Å². The summed E-state index contributed by atoms with van der Waals surface area (Å²) in [6.07, 6.45) is 17.7. The molecule has 2 saturated heterocycles. The Morgan fingerprint density at radius 2 is 1.57 bits per heavy atom. The number of hydrogen-bond acceptors (Lipinski definition) is 5. The topological polar surface area (TPSA) is 86.8 Å². The van der Waals surface area contributed by atoms with Crippen molar-refractivity contribution in [2.75, 3.05) is 20.1 Å². The zero-order valence-electron chi connectivity index (χ0n) is 21.7. The Hall–Kier alpha value is -2.02. The molecule has 35 heavy (non-hydrogen) atoms. The molecule has 0 aromatic rings. The fourth-order valence-corrected chi connectivity index (χ4v) is 6.96. The van der Waals surface area contributed by atoms with Crippen LogP contribution in [0.4, 0.5) is 4.79 Å². The molecule has 2 atom stereocenters. The quantitative estimate of drug-likeness (QED) is 0.459. The summed E-state index contributed by atoms with van der Waals surface area (Å²) >= 11 is 0. The molecular weight excluding hydrogens is 442 g/mol. The maximum absolute atomic E-state index is 13.9. The van der Waals surface area contributed by atoms with E-state index >= 15 is 0 Å². The molecule has 2 aliphatic carbocycles. The van der Waals surface area contributed by atoms with E-state index in [4.69, 9.17) is 0 Å². The number of amides is 4. The smallest absolute Gasteiger partial charge is 0.311 e. The van der Waals surface area contributed by atoms with Crippen LogP contribution in [0.1, 0.15) is 103 Å². The molecular formula is C28H43N3O4. The molecule has 1 spiro atoms. The predicted molar refractivity (Wildman–Crippen MR) is 135 cm³/mol. The second-order valence-corrected chi connectivity index (χ2v) is 11.4. The first-order valence-corrected chi connectivity index (χ1v) is 13.9. The summed E-state index contributed by atoms with van der Waals surface area (Å²) in [5, 5.41) is 3.76. The first kappa shape index (κ1) is 26.1. The molecule has 0 bridgehead atoms. The minimum Gasteiger partial charge on any atom is -0.311 e. The van der Waals surface area contributed by atoms with E-state index in [1.54, 1.807) is 6.92 Å². The van der Waals surface area contributed by atoms with Crippen LogP contribution >= 0.6 is 0 Å². The summed E-state index contributed by atoms with van der Waals surface area (Å²) in [6, 6.07) is -0.676. The van der Waals surface area contributed by atoms with Gasteiger partial charge in [0.1, 0.15) is 5.41 Å². The van der Waals surface area contributed by atoms with Crippen molar-refractivity contribution in [3.8, 4) is 0 Å². The largest absolute Gasteiger partial charge is 0.333 e. The van der Waals surface area contributed by atoms with Gasteiger partial charge in [-0.3, -0.25) is 24.2 Å². The number of hydrogen-bond donors (Lipinski definition) is 1. The molecule has 7 heteroatoms. The average molecular weight is 486 g/mol. The number of barbiturate groups is 1. The number of carbonyl (C=O) groups excluding carboxylic acids is 4. The summed E-state index contributed by atoms with van der Waals surface area (Å²) in [5.41, 5.74) is -0.861. The van der Waals surface area contributed by atoms with Gasteiger partial charge in [-0.2, -0.15) is 0 Å². The SMILES string of the molecule is CN1C(=O)N(CC(=O)C2CCCNC23CCCCCCCCCC3)C(=O)C(C)(C2=CCCC2)C1=O. The van der Waals surface area contributed by atoms with Gasteiger partial charge in [-0.15, -0.1) is 0 Å². The van der Waals surface area contributed by atoms with Crippen molar-refractivity contribution in [2.24, 2.45) is 11.3 Å². The van der Waals surface area contributed by atoms with Gasteiger partial charge in [0.05, 0.1) is 6.54 Å². The normalized spacial score (nSPS) is 30.9. The minimum atomic E-state index is -1.39. The zero-order valence-corrected chi connectivity index (χ0v) is 21.7. The van der Waals surface area contributed by atoms with Gasteiger partial charge in [0, 0.05) is 18.5 Å². The molecule has 2 unspecified atom stereocenters. The number of ketones is 1. The highest BCUT2D eigenvalue weighted by molar-refractivity contribution is 6.21. The Bertz CT molecular complexity index is 869. The van der Waals surface area contributed by atoms with Crippen LogP contribution in [0, 0.1) is 11.3 Å². The molecule has 1 N–H and O–H groups in total. The van der Waals surface area contributed by atoms with E-state index in [1.807, 2.05) is 6.08 Å². The summed E-state index contributed by atoms with van der Waals surface area (Å²) in [7, 11) is 1.43. The maximum Gasteiger partial charge on any atom is 0.333 e. The van der Waals surface area contributed by atoms with Crippen LogP contribution in [-0.2, 0) is 14.4 Å². The number of piperidine rings is 1. The molecule has 2 heterocycles. The van der Waals surface area contributed by atoms with Crippen molar-refractivity contribution >= 4 is 23.6 Å². The molecule has 2 aliphatic heterocycles. The van der Waals surface area contributed by atoms with Crippen molar-refractivity contribution in [1.29, 1.82) is 0 Å². The van der Waals surface area contributed by atoms with E-state index in [9.17, 15) is 19.2 Å². The molecule has 0 aromatic carbocycles. The van der Waals surface area contributed by atoms with Gasteiger partial charge in [0.15, 0.2) is 5.78 Å². The third-order valence-electron chi connectivity index (χ3n) is 9.12. The molecule has 194 valence electrons. The average Bonchev–Trinajstić information content (AvgIpc) is 3.39. The molecule has 3 fully saturated rings. The monoisotopic (exact) mass is 485 g/mol. The Morgan fingerprint density at radius 1 is 0.943 bits per heavy atom. The lowest BCUT2D eigenvalue weighted by Crippen LogP contribution is -2.65. The van der Waals surface area contributed by atoms with E-state index in [-0.39, 0.29) is 23.8 Å². The van der Waals surface area contributed by atoms with Crippen LogP contribution in [0.5, 0.6) is 0 Å². The molecule has 0 radical (unpaired) electrons. The standard InChI is InChI=1S/C28H43N3O4/c1-27(21-14-9-10-15-21)24(33)30(2)26(35)31(25(27)34)20-23(32)22-16-13-19-29-28(22)17-11-7-5-3-4-6-8-12-18-28/h14,22,29H,3-13,15-20H2,1-2H3. The van der Waals surface area contributed by atoms with Crippen LogP contribution < -0.4 is 5.32 Å². The number of imide groups is 2. The highest BCUT2D eigenvalue weighted by Crippen LogP contribution is 2.42. The van der Waals surface area contributed by atoms with Gasteiger partial charge < -0.3 is 5.32 Å². The summed E-state index contributed by atoms with van der Waals surface area (Å²) in [6.45, 7) is 2.30. The summed E-state index contributed by atoms with van der Waals surface area (Å²) < 4.78 is 0. The molecule has 1 saturated carbocycles. The fraction of sp³-hybridized carbons (Fsp3) is 0.786. The number of nitrogens with zero attached hydrogens (tertiary/aromatic N) is 2. The lowest BCUT2D eigenvalue weighted by Gasteiger charge is -2.46. The van der Waals surface area contributed by atoms with Crippen molar-refractivity contribution in [1.82, 2.24) is 15.1 Å². The van der Waals surface area contributed by atoms with E-state index in [2.05, 4.69) is 5.32 Å². The van der Waals surface area contributed by atoms with E-state index < -0.39 is 23.3 Å². The number of urea groups is 1. The highest BCUT2D eigenvalue weighted by Gasteiger charge is 2.56. The van der Waals surface area contributed by atoms with Crippen molar-refractivity contribution in [3.63, 3.8) is 0 Å². The number of allylic oxidation sites excluding steroid dienone is 1. The summed E-state index contributed by atoms with van der Waals surface area (Å²) in [5.74, 6) is -1.27. The van der Waals surface area contributed by atoms with E-state index in [1.165, 1.54) is 45.6 Å². The second kappa shape index (κ2) is 10.9. The van der Waals surface area contributed by atoms with Crippen LogP contribution in [0.3, 0.4) is 0 Å².